The van der Waals surface area contributed by atoms with Gasteiger partial charge in [-0.2, -0.15) is 0 Å². The van der Waals surface area contributed by atoms with Gasteiger partial charge in [-0.1, -0.05) is 31.0 Å². The van der Waals surface area contributed by atoms with E-state index in [4.69, 9.17) is 0 Å². The van der Waals surface area contributed by atoms with Gasteiger partial charge in [0, 0.05) is 50.9 Å². The molecule has 0 bridgehead atoms. The van der Waals surface area contributed by atoms with Crippen molar-refractivity contribution in [2.24, 2.45) is 5.92 Å². The van der Waals surface area contributed by atoms with E-state index in [1.807, 2.05) is 35.2 Å². The Hall–Kier alpha value is -2.08. The van der Waals surface area contributed by atoms with Crippen LogP contribution in [0.3, 0.4) is 0 Å². The zero-order chi connectivity index (χ0) is 17.5. The van der Waals surface area contributed by atoms with E-state index < -0.39 is 0 Å². The second kappa shape index (κ2) is 8.85. The lowest BCUT2D eigenvalue weighted by molar-refractivity contribution is -0.124. The second-order valence-electron chi connectivity index (χ2n) is 6.90. The number of para-hydroxylation sites is 1. The van der Waals surface area contributed by atoms with Crippen molar-refractivity contribution in [1.29, 1.82) is 0 Å². The summed E-state index contributed by atoms with van der Waals surface area (Å²) in [6.45, 7) is 4.69. The second-order valence-corrected chi connectivity index (χ2v) is 6.90. The predicted molar refractivity (Wildman–Crippen MR) is 98.4 cm³/mol. The molecule has 25 heavy (non-hydrogen) atoms. The van der Waals surface area contributed by atoms with Gasteiger partial charge in [0.2, 0.25) is 5.91 Å². The summed E-state index contributed by atoms with van der Waals surface area (Å²) < 4.78 is 0. The van der Waals surface area contributed by atoms with Gasteiger partial charge in [0.1, 0.15) is 0 Å². The molecule has 1 aliphatic heterocycles. The topological polar surface area (TPSA) is 64.7 Å². The number of piperazine rings is 1. The third-order valence-electron chi connectivity index (χ3n) is 5.14. The zero-order valence-electron chi connectivity index (χ0n) is 14.7. The third kappa shape index (κ3) is 5.19. The first-order chi connectivity index (χ1) is 12.2. The molecule has 1 heterocycles. The Morgan fingerprint density at radius 2 is 1.68 bits per heavy atom. The molecule has 1 aromatic rings. The van der Waals surface area contributed by atoms with Crippen LogP contribution in [-0.4, -0.2) is 61.0 Å². The van der Waals surface area contributed by atoms with Crippen molar-refractivity contribution in [3.63, 3.8) is 0 Å². The molecule has 0 atom stereocenters. The van der Waals surface area contributed by atoms with Gasteiger partial charge < -0.3 is 15.5 Å². The van der Waals surface area contributed by atoms with Gasteiger partial charge in [-0.15, -0.1) is 0 Å². The highest BCUT2D eigenvalue weighted by Crippen LogP contribution is 2.24. The molecule has 0 aromatic heterocycles. The van der Waals surface area contributed by atoms with Crippen LogP contribution in [0.1, 0.15) is 25.7 Å². The summed E-state index contributed by atoms with van der Waals surface area (Å²) in [4.78, 5) is 28.4. The quantitative estimate of drug-likeness (QED) is 0.860. The van der Waals surface area contributed by atoms with Crippen molar-refractivity contribution in [3.8, 4) is 0 Å². The summed E-state index contributed by atoms with van der Waals surface area (Å²) in [5.41, 5.74) is 0.824. The molecular weight excluding hydrogens is 316 g/mol. The Morgan fingerprint density at radius 1 is 1.00 bits per heavy atom. The number of carbonyl (C=O) groups is 2. The monoisotopic (exact) mass is 344 g/mol. The van der Waals surface area contributed by atoms with Crippen LogP contribution in [0.5, 0.6) is 0 Å². The van der Waals surface area contributed by atoms with Gasteiger partial charge in [0.15, 0.2) is 0 Å². The van der Waals surface area contributed by atoms with Crippen molar-refractivity contribution in [2.75, 3.05) is 44.6 Å². The molecule has 1 aromatic carbocycles. The highest BCUT2D eigenvalue weighted by atomic mass is 16.2. The maximum Gasteiger partial charge on any atom is 0.321 e. The van der Waals surface area contributed by atoms with Crippen LogP contribution in [0, 0.1) is 5.92 Å². The Labute approximate surface area is 149 Å². The van der Waals surface area contributed by atoms with E-state index in [9.17, 15) is 9.59 Å². The van der Waals surface area contributed by atoms with Crippen LogP contribution >= 0.6 is 0 Å². The first-order valence-corrected chi connectivity index (χ1v) is 9.33. The van der Waals surface area contributed by atoms with E-state index in [0.717, 1.165) is 51.3 Å². The smallest absolute Gasteiger partial charge is 0.321 e. The van der Waals surface area contributed by atoms with Gasteiger partial charge in [-0.05, 0) is 25.0 Å². The average molecular weight is 344 g/mol. The first-order valence-electron chi connectivity index (χ1n) is 9.33. The summed E-state index contributed by atoms with van der Waals surface area (Å²) in [5, 5.41) is 5.99. The lowest BCUT2D eigenvalue weighted by atomic mass is 10.1. The molecule has 0 radical (unpaired) electrons. The molecule has 6 nitrogen and oxygen atoms in total. The number of carbonyl (C=O) groups excluding carboxylic acids is 2. The number of anilines is 1. The van der Waals surface area contributed by atoms with E-state index in [2.05, 4.69) is 15.5 Å². The van der Waals surface area contributed by atoms with Crippen molar-refractivity contribution in [2.45, 2.75) is 25.7 Å². The number of hydrogen-bond acceptors (Lipinski definition) is 3. The maximum atomic E-state index is 12.3. The van der Waals surface area contributed by atoms with Crippen LogP contribution in [0.25, 0.3) is 0 Å². The summed E-state index contributed by atoms with van der Waals surface area (Å²) >= 11 is 0. The molecule has 1 aliphatic carbocycles. The number of rotatable bonds is 5. The number of nitrogens with one attached hydrogen (secondary N) is 2. The first kappa shape index (κ1) is 17.7. The highest BCUT2D eigenvalue weighted by molar-refractivity contribution is 5.89. The van der Waals surface area contributed by atoms with Crippen molar-refractivity contribution in [1.82, 2.24) is 15.1 Å². The van der Waals surface area contributed by atoms with E-state index >= 15 is 0 Å². The molecule has 2 N–H and O–H groups in total. The number of amides is 3. The molecule has 3 rings (SSSR count). The summed E-state index contributed by atoms with van der Waals surface area (Å²) in [5.74, 6) is 0.455. The van der Waals surface area contributed by atoms with Crippen molar-refractivity contribution in [3.05, 3.63) is 30.3 Å². The zero-order valence-corrected chi connectivity index (χ0v) is 14.7. The van der Waals surface area contributed by atoms with E-state index in [0.29, 0.717) is 6.54 Å². The number of nitrogens with zero attached hydrogens (tertiary/aromatic N) is 2. The number of urea groups is 1. The Morgan fingerprint density at radius 3 is 2.36 bits per heavy atom. The van der Waals surface area contributed by atoms with Crippen LogP contribution in [0.4, 0.5) is 10.5 Å². The van der Waals surface area contributed by atoms with Crippen LogP contribution in [-0.2, 0) is 4.79 Å². The van der Waals surface area contributed by atoms with Gasteiger partial charge in [-0.3, -0.25) is 9.69 Å². The Balaban J connectivity index is 1.33. The third-order valence-corrected chi connectivity index (χ3v) is 5.14. The van der Waals surface area contributed by atoms with Gasteiger partial charge in [0.25, 0.3) is 0 Å². The standard InChI is InChI=1S/C19H28N4O2/c24-18(16-6-4-5-7-16)20-10-11-22-12-14-23(15-13-22)19(25)21-17-8-2-1-3-9-17/h1-3,8-9,16H,4-7,10-15H2,(H,20,24)(H,21,25). The van der Waals surface area contributed by atoms with Crippen molar-refractivity contribution >= 4 is 17.6 Å². The molecule has 2 fully saturated rings. The highest BCUT2D eigenvalue weighted by Gasteiger charge is 2.23. The summed E-state index contributed by atoms with van der Waals surface area (Å²) in [6.07, 6.45) is 4.46. The normalized spacial score (nSPS) is 19.0. The van der Waals surface area contributed by atoms with Crippen LogP contribution in [0.15, 0.2) is 30.3 Å². The predicted octanol–water partition coefficient (Wildman–Crippen LogP) is 2.14. The minimum Gasteiger partial charge on any atom is -0.355 e. The molecule has 1 saturated heterocycles. The largest absolute Gasteiger partial charge is 0.355 e. The number of benzene rings is 1. The molecule has 1 saturated carbocycles. The van der Waals surface area contributed by atoms with Crippen molar-refractivity contribution < 1.29 is 9.59 Å². The Kier molecular flexibility index (Phi) is 6.28. The minimum absolute atomic E-state index is 0.0413. The van der Waals surface area contributed by atoms with Crippen LogP contribution in [0.2, 0.25) is 0 Å². The molecule has 0 spiro atoms. The van der Waals surface area contributed by atoms with E-state index in [-0.39, 0.29) is 17.9 Å². The molecular formula is C19H28N4O2. The fourth-order valence-electron chi connectivity index (χ4n) is 3.57. The van der Waals surface area contributed by atoms with Gasteiger partial charge >= 0.3 is 6.03 Å². The summed E-state index contributed by atoms with van der Waals surface area (Å²) in [7, 11) is 0. The molecule has 0 unspecified atom stereocenters. The van der Waals surface area contributed by atoms with Gasteiger partial charge in [-0.25, -0.2) is 4.79 Å². The van der Waals surface area contributed by atoms with Crippen LogP contribution < -0.4 is 10.6 Å². The fraction of sp³-hybridized carbons (Fsp3) is 0.579. The summed E-state index contributed by atoms with van der Waals surface area (Å²) in [6, 6.07) is 9.49. The van der Waals surface area contributed by atoms with Gasteiger partial charge in [0.05, 0.1) is 0 Å². The SMILES string of the molecule is O=C(NCCN1CCN(C(=O)Nc2ccccc2)CC1)C1CCCC1. The lowest BCUT2D eigenvalue weighted by Crippen LogP contribution is -2.51. The lowest BCUT2D eigenvalue weighted by Gasteiger charge is -2.34. The molecule has 2 aliphatic rings. The maximum absolute atomic E-state index is 12.3. The van der Waals surface area contributed by atoms with E-state index in [1.54, 1.807) is 0 Å². The molecule has 136 valence electrons. The minimum atomic E-state index is -0.0413. The molecule has 6 heteroatoms. The Bertz CT molecular complexity index is 564. The fourth-order valence-corrected chi connectivity index (χ4v) is 3.57. The molecule has 3 amide bonds. The van der Waals surface area contributed by atoms with E-state index in [1.165, 1.54) is 12.8 Å². The average Bonchev–Trinajstić information content (AvgIpc) is 3.18. The number of hydrogen-bond donors (Lipinski definition) is 2.